The minimum Gasteiger partial charge on any atom is -0.334 e. The number of hydrogen-bond acceptors (Lipinski definition) is 4. The van der Waals surface area contributed by atoms with Gasteiger partial charge in [-0.3, -0.25) is 14.3 Å². The number of rotatable bonds is 4. The van der Waals surface area contributed by atoms with Crippen LogP contribution in [-0.2, 0) is 11.2 Å². The maximum atomic E-state index is 12.7. The van der Waals surface area contributed by atoms with Gasteiger partial charge < -0.3 is 4.90 Å². The third kappa shape index (κ3) is 2.60. The van der Waals surface area contributed by atoms with E-state index in [-0.39, 0.29) is 12.0 Å². The fraction of sp³-hybridized carbons (Fsp3) is 0.556. The minimum atomic E-state index is 0.0687. The number of carbonyl (C=O) groups excluding carboxylic acids is 1. The lowest BCUT2D eigenvalue weighted by molar-refractivity contribution is -0.139. The lowest BCUT2D eigenvalue weighted by atomic mass is 9.84. The number of carbonyl (C=O) groups is 1. The Kier molecular flexibility index (Phi) is 4.04. The van der Waals surface area contributed by atoms with Gasteiger partial charge in [0.05, 0.1) is 24.1 Å². The summed E-state index contributed by atoms with van der Waals surface area (Å²) in [6.45, 7) is 2.92. The molecule has 2 aromatic heterocycles. The lowest BCUT2D eigenvalue weighted by Crippen LogP contribution is -2.38. The van der Waals surface area contributed by atoms with Gasteiger partial charge in [0.25, 0.3) is 0 Å². The first-order valence-corrected chi connectivity index (χ1v) is 8.93. The van der Waals surface area contributed by atoms with Crippen LogP contribution in [-0.4, -0.2) is 36.9 Å². The molecule has 2 aliphatic rings. The largest absolute Gasteiger partial charge is 0.334 e. The molecule has 1 amide bonds. The van der Waals surface area contributed by atoms with Gasteiger partial charge in [-0.15, -0.1) is 0 Å². The summed E-state index contributed by atoms with van der Waals surface area (Å²) in [5.41, 5.74) is 0.897. The van der Waals surface area contributed by atoms with Crippen LogP contribution in [0.5, 0.6) is 0 Å². The lowest BCUT2D eigenvalue weighted by Gasteiger charge is -2.32. The molecule has 1 unspecified atom stereocenters. The van der Waals surface area contributed by atoms with Crippen molar-refractivity contribution in [3.63, 3.8) is 0 Å². The Bertz CT molecular complexity index is 737. The van der Waals surface area contributed by atoms with E-state index in [4.69, 9.17) is 4.98 Å². The molecule has 0 bridgehead atoms. The number of aromatic nitrogens is 4. The van der Waals surface area contributed by atoms with Crippen LogP contribution in [0.15, 0.2) is 24.8 Å². The van der Waals surface area contributed by atoms with Gasteiger partial charge in [-0.05, 0) is 25.7 Å². The Morgan fingerprint density at radius 1 is 1.25 bits per heavy atom. The van der Waals surface area contributed by atoms with Crippen LogP contribution in [0.1, 0.15) is 56.6 Å². The van der Waals surface area contributed by atoms with Gasteiger partial charge in [0.1, 0.15) is 5.82 Å². The molecule has 0 radical (unpaired) electrons. The first-order chi connectivity index (χ1) is 11.8. The minimum absolute atomic E-state index is 0.0687. The van der Waals surface area contributed by atoms with Crippen LogP contribution < -0.4 is 0 Å². The topological polar surface area (TPSA) is 63.9 Å². The molecule has 126 valence electrons. The molecule has 0 N–H and O–H groups in total. The van der Waals surface area contributed by atoms with E-state index in [0.29, 0.717) is 5.91 Å². The molecule has 3 heterocycles. The van der Waals surface area contributed by atoms with Gasteiger partial charge in [0, 0.05) is 31.3 Å². The van der Waals surface area contributed by atoms with E-state index in [1.807, 2.05) is 21.9 Å². The summed E-state index contributed by atoms with van der Waals surface area (Å²) in [5.74, 6) is 2.30. The molecule has 1 saturated carbocycles. The number of likely N-dealkylation sites (tertiary alicyclic amines) is 1. The number of nitrogens with zero attached hydrogens (tertiary/aromatic N) is 5. The Labute approximate surface area is 141 Å². The molecular formula is C18H23N5O. The molecule has 1 saturated heterocycles. The molecule has 2 aromatic rings. The monoisotopic (exact) mass is 325 g/mol. The molecule has 1 aliphatic carbocycles. The zero-order valence-electron chi connectivity index (χ0n) is 14.1. The van der Waals surface area contributed by atoms with Crippen LogP contribution in [0.25, 0.3) is 5.82 Å². The van der Waals surface area contributed by atoms with Crippen molar-refractivity contribution in [3.05, 3.63) is 36.3 Å². The molecule has 6 nitrogen and oxygen atoms in total. The SMILES string of the molecule is CCc1nccn1-c1cncc(C2CCCN2C(=O)C2CCC2)n1. The first kappa shape index (κ1) is 15.3. The molecule has 24 heavy (non-hydrogen) atoms. The van der Waals surface area contributed by atoms with E-state index in [1.54, 1.807) is 12.4 Å². The molecule has 6 heteroatoms. The van der Waals surface area contributed by atoms with Crippen LogP contribution in [0.4, 0.5) is 0 Å². The maximum absolute atomic E-state index is 12.7. The Hall–Kier alpha value is -2.24. The number of hydrogen-bond donors (Lipinski definition) is 0. The normalized spacial score (nSPS) is 21.0. The van der Waals surface area contributed by atoms with Crippen molar-refractivity contribution in [2.75, 3.05) is 6.54 Å². The summed E-state index contributed by atoms with van der Waals surface area (Å²) in [5, 5.41) is 0. The van der Waals surface area contributed by atoms with E-state index < -0.39 is 0 Å². The second kappa shape index (κ2) is 6.34. The Morgan fingerprint density at radius 2 is 2.12 bits per heavy atom. The van der Waals surface area contributed by atoms with E-state index >= 15 is 0 Å². The van der Waals surface area contributed by atoms with Crippen LogP contribution >= 0.6 is 0 Å². The average molecular weight is 325 g/mol. The van der Waals surface area contributed by atoms with E-state index in [1.165, 1.54) is 6.42 Å². The summed E-state index contributed by atoms with van der Waals surface area (Å²) in [6, 6.07) is 0.0687. The molecular weight excluding hydrogens is 302 g/mol. The third-order valence-corrected chi connectivity index (χ3v) is 5.25. The molecule has 0 aromatic carbocycles. The van der Waals surface area contributed by atoms with Gasteiger partial charge in [-0.25, -0.2) is 9.97 Å². The summed E-state index contributed by atoms with van der Waals surface area (Å²) < 4.78 is 1.98. The highest BCUT2D eigenvalue weighted by molar-refractivity contribution is 5.80. The predicted octanol–water partition coefficient (Wildman–Crippen LogP) is 2.69. The summed E-state index contributed by atoms with van der Waals surface area (Å²) in [4.78, 5) is 28.3. The van der Waals surface area contributed by atoms with E-state index in [2.05, 4.69) is 16.9 Å². The van der Waals surface area contributed by atoms with Crippen molar-refractivity contribution in [3.8, 4) is 5.82 Å². The van der Waals surface area contributed by atoms with Gasteiger partial charge >= 0.3 is 0 Å². The van der Waals surface area contributed by atoms with Crippen LogP contribution in [0, 0.1) is 5.92 Å². The van der Waals surface area contributed by atoms with Gasteiger partial charge in [-0.1, -0.05) is 13.3 Å². The summed E-state index contributed by atoms with van der Waals surface area (Å²) in [7, 11) is 0. The number of imidazole rings is 1. The highest BCUT2D eigenvalue weighted by Crippen LogP contribution is 2.36. The van der Waals surface area contributed by atoms with Crippen LogP contribution in [0.2, 0.25) is 0 Å². The van der Waals surface area contributed by atoms with Gasteiger partial charge in [0.15, 0.2) is 5.82 Å². The average Bonchev–Trinajstić information content (AvgIpc) is 3.22. The second-order valence-corrected chi connectivity index (χ2v) is 6.69. The van der Waals surface area contributed by atoms with Gasteiger partial charge in [-0.2, -0.15) is 0 Å². The summed E-state index contributed by atoms with van der Waals surface area (Å²) >= 11 is 0. The molecule has 2 fully saturated rings. The first-order valence-electron chi connectivity index (χ1n) is 8.93. The van der Waals surface area contributed by atoms with E-state index in [0.717, 1.165) is 56.0 Å². The Morgan fingerprint density at radius 3 is 2.88 bits per heavy atom. The van der Waals surface area contributed by atoms with Crippen molar-refractivity contribution in [2.45, 2.75) is 51.5 Å². The Balaban J connectivity index is 1.61. The maximum Gasteiger partial charge on any atom is 0.226 e. The van der Waals surface area contributed by atoms with Crippen molar-refractivity contribution in [1.82, 2.24) is 24.4 Å². The quantitative estimate of drug-likeness (QED) is 0.867. The molecule has 1 atom stereocenters. The van der Waals surface area contributed by atoms with Gasteiger partial charge in [0.2, 0.25) is 5.91 Å². The van der Waals surface area contributed by atoms with Crippen molar-refractivity contribution in [2.24, 2.45) is 5.92 Å². The predicted molar refractivity (Wildman–Crippen MR) is 89.6 cm³/mol. The molecule has 1 aliphatic heterocycles. The van der Waals surface area contributed by atoms with Crippen molar-refractivity contribution < 1.29 is 4.79 Å². The zero-order valence-corrected chi connectivity index (χ0v) is 14.1. The fourth-order valence-electron chi connectivity index (χ4n) is 3.68. The van der Waals surface area contributed by atoms with Crippen LogP contribution in [0.3, 0.4) is 0 Å². The van der Waals surface area contributed by atoms with E-state index in [9.17, 15) is 4.79 Å². The number of amides is 1. The third-order valence-electron chi connectivity index (χ3n) is 5.25. The zero-order chi connectivity index (χ0) is 16.5. The molecule has 0 spiro atoms. The number of aryl methyl sites for hydroxylation is 1. The van der Waals surface area contributed by atoms with Crippen molar-refractivity contribution in [1.29, 1.82) is 0 Å². The second-order valence-electron chi connectivity index (χ2n) is 6.69. The van der Waals surface area contributed by atoms with Crippen molar-refractivity contribution >= 4 is 5.91 Å². The standard InChI is InChI=1S/C18H23N5O/c1-2-16-20-8-10-23(16)17-12-19-11-14(21-17)15-7-4-9-22(15)18(24)13-5-3-6-13/h8,10-13,15H,2-7,9H2,1H3. The highest BCUT2D eigenvalue weighted by atomic mass is 16.2. The smallest absolute Gasteiger partial charge is 0.226 e. The highest BCUT2D eigenvalue weighted by Gasteiger charge is 2.37. The fourth-order valence-corrected chi connectivity index (χ4v) is 3.68. The summed E-state index contributed by atoms with van der Waals surface area (Å²) in [6.07, 6.45) is 13.4. The molecule has 4 rings (SSSR count).